The number of nitrogens with two attached hydrogens (primary N) is 1. The molecule has 0 radical (unpaired) electrons. The minimum absolute atomic E-state index is 0.00431. The summed E-state index contributed by atoms with van der Waals surface area (Å²) in [6, 6.07) is 12.9. The van der Waals surface area contributed by atoms with Gasteiger partial charge < -0.3 is 20.9 Å². The van der Waals surface area contributed by atoms with E-state index in [1.807, 2.05) is 32.0 Å². The van der Waals surface area contributed by atoms with Crippen molar-refractivity contribution >= 4 is 23.1 Å². The topological polar surface area (TPSA) is 78.7 Å². The van der Waals surface area contributed by atoms with Crippen molar-refractivity contribution in [2.24, 2.45) is 11.1 Å². The number of amides is 1. The van der Waals surface area contributed by atoms with Gasteiger partial charge in [0, 0.05) is 46.5 Å². The number of fused-ring (bicyclic) bond motifs is 1. The Bertz CT molecular complexity index is 1150. The third-order valence-corrected chi connectivity index (χ3v) is 8.06. The van der Waals surface area contributed by atoms with Crippen LogP contribution >= 0.6 is 0 Å². The highest BCUT2D eigenvalue weighted by Gasteiger charge is 2.37. The lowest BCUT2D eigenvalue weighted by atomic mass is 9.89. The first-order valence-electron chi connectivity index (χ1n) is 13.6. The lowest BCUT2D eigenvalue weighted by Crippen LogP contribution is -2.40. The molecule has 192 valence electrons. The minimum Gasteiger partial charge on any atom is -0.349 e. The fourth-order valence-corrected chi connectivity index (χ4v) is 5.59. The average molecular weight is 489 g/mol. The van der Waals surface area contributed by atoms with E-state index in [9.17, 15) is 9.59 Å². The van der Waals surface area contributed by atoms with E-state index in [2.05, 4.69) is 40.2 Å². The Labute approximate surface area is 215 Å². The second-order valence-corrected chi connectivity index (χ2v) is 11.7. The molecular formula is C30H40N4O2. The summed E-state index contributed by atoms with van der Waals surface area (Å²) < 4.78 is 0. The fraction of sp³-hybridized carbons (Fsp3) is 0.533. The number of carbonyl (C=O) groups is 2. The predicted octanol–water partition coefficient (Wildman–Crippen LogP) is 4.60. The molecule has 2 aliphatic carbocycles. The number of nitrogens with zero attached hydrogens (tertiary/aromatic N) is 2. The quantitative estimate of drug-likeness (QED) is 0.568. The lowest BCUT2D eigenvalue weighted by Gasteiger charge is -2.32. The first-order valence-corrected chi connectivity index (χ1v) is 13.6. The van der Waals surface area contributed by atoms with Crippen LogP contribution in [0.15, 0.2) is 36.4 Å². The molecule has 1 saturated heterocycles. The summed E-state index contributed by atoms with van der Waals surface area (Å²) in [6.07, 6.45) is 6.05. The number of piperidine rings is 1. The van der Waals surface area contributed by atoms with Crippen molar-refractivity contribution in [3.63, 3.8) is 0 Å². The summed E-state index contributed by atoms with van der Waals surface area (Å²) in [4.78, 5) is 30.5. The van der Waals surface area contributed by atoms with Crippen molar-refractivity contribution in [3.8, 4) is 0 Å². The van der Waals surface area contributed by atoms with Crippen LogP contribution in [0.25, 0.3) is 0 Å². The molecule has 0 atom stereocenters. The number of benzene rings is 2. The summed E-state index contributed by atoms with van der Waals surface area (Å²) in [7, 11) is 0. The second kappa shape index (κ2) is 9.98. The molecule has 6 heteroatoms. The van der Waals surface area contributed by atoms with Crippen molar-refractivity contribution in [1.82, 2.24) is 10.2 Å². The van der Waals surface area contributed by atoms with Crippen molar-refractivity contribution in [3.05, 3.63) is 58.7 Å². The predicted molar refractivity (Wildman–Crippen MR) is 145 cm³/mol. The standard InChI is InChI=1S/C30H40N4O2/c1-20-5-6-21(29(36)32-24-7-8-24)18-27(20)34(14-4-13-33-15-11-23(31)12-16-33)25-9-10-26-22(17-25)19-30(2,3)28(26)35/h5-6,9-10,17-18,23-24H,4,7-8,11-16,19,31H2,1-3H3,(H,32,36). The molecule has 2 aromatic rings. The third-order valence-electron chi connectivity index (χ3n) is 8.06. The van der Waals surface area contributed by atoms with Crippen LogP contribution in [-0.4, -0.2) is 54.9 Å². The minimum atomic E-state index is -0.350. The van der Waals surface area contributed by atoms with E-state index in [4.69, 9.17) is 5.73 Å². The van der Waals surface area contributed by atoms with Gasteiger partial charge in [0.15, 0.2) is 5.78 Å². The summed E-state index contributed by atoms with van der Waals surface area (Å²) in [5.74, 6) is 0.235. The van der Waals surface area contributed by atoms with Crippen LogP contribution in [0.1, 0.15) is 77.8 Å². The van der Waals surface area contributed by atoms with Gasteiger partial charge in [0.2, 0.25) is 0 Å². The van der Waals surface area contributed by atoms with Crippen molar-refractivity contribution < 1.29 is 9.59 Å². The molecule has 0 aromatic heterocycles. The SMILES string of the molecule is Cc1ccc(C(=O)NC2CC2)cc1N(CCCN1CCC(N)CC1)c1ccc2c(c1)CC(C)(C)C2=O. The second-order valence-electron chi connectivity index (χ2n) is 11.7. The lowest BCUT2D eigenvalue weighted by molar-refractivity contribution is 0.0863. The molecule has 0 bridgehead atoms. The number of aryl methyl sites for hydroxylation is 1. The molecule has 0 unspecified atom stereocenters. The molecule has 2 fully saturated rings. The smallest absolute Gasteiger partial charge is 0.251 e. The van der Waals surface area contributed by atoms with Crippen LogP contribution in [-0.2, 0) is 6.42 Å². The van der Waals surface area contributed by atoms with Crippen molar-refractivity contribution in [1.29, 1.82) is 0 Å². The molecule has 6 nitrogen and oxygen atoms in total. The van der Waals surface area contributed by atoms with Crippen LogP contribution in [0.5, 0.6) is 0 Å². The normalized spacial score (nSPS) is 19.8. The Morgan fingerprint density at radius 1 is 1.11 bits per heavy atom. The molecule has 1 heterocycles. The molecule has 5 rings (SSSR count). The van der Waals surface area contributed by atoms with Gasteiger partial charge in [-0.05, 0) is 107 Å². The van der Waals surface area contributed by atoms with Gasteiger partial charge in [0.1, 0.15) is 0 Å². The molecular weight excluding hydrogens is 448 g/mol. The van der Waals surface area contributed by atoms with E-state index in [-0.39, 0.29) is 17.1 Å². The molecule has 2 aromatic carbocycles. The molecule has 1 aliphatic heterocycles. The third kappa shape index (κ3) is 5.35. The largest absolute Gasteiger partial charge is 0.349 e. The molecule has 3 N–H and O–H groups in total. The number of likely N-dealkylation sites (tertiary alicyclic amines) is 1. The zero-order chi connectivity index (χ0) is 25.4. The highest BCUT2D eigenvalue weighted by Crippen LogP contribution is 2.39. The first-order chi connectivity index (χ1) is 17.2. The fourth-order valence-electron chi connectivity index (χ4n) is 5.59. The van der Waals surface area contributed by atoms with Gasteiger partial charge in [-0.25, -0.2) is 0 Å². The van der Waals surface area contributed by atoms with E-state index in [1.54, 1.807) is 0 Å². The first kappa shape index (κ1) is 25.0. The molecule has 1 saturated carbocycles. The van der Waals surface area contributed by atoms with E-state index in [1.165, 1.54) is 0 Å². The Hall–Kier alpha value is -2.70. The van der Waals surface area contributed by atoms with Gasteiger partial charge in [-0.3, -0.25) is 9.59 Å². The Kier molecular flexibility index (Phi) is 6.92. The number of anilines is 2. The molecule has 36 heavy (non-hydrogen) atoms. The highest BCUT2D eigenvalue weighted by molar-refractivity contribution is 6.05. The Balaban J connectivity index is 1.42. The molecule has 3 aliphatic rings. The van der Waals surface area contributed by atoms with Crippen LogP contribution in [0.2, 0.25) is 0 Å². The number of rotatable bonds is 8. The number of ketones is 1. The molecule has 1 amide bonds. The number of hydrogen-bond donors (Lipinski definition) is 2. The van der Waals surface area contributed by atoms with Gasteiger partial charge in [-0.1, -0.05) is 19.9 Å². The summed E-state index contributed by atoms with van der Waals surface area (Å²) >= 11 is 0. The van der Waals surface area contributed by atoms with Gasteiger partial charge in [0.05, 0.1) is 0 Å². The van der Waals surface area contributed by atoms with E-state index in [0.29, 0.717) is 17.6 Å². The van der Waals surface area contributed by atoms with Gasteiger partial charge in [-0.15, -0.1) is 0 Å². The number of nitrogens with one attached hydrogen (secondary N) is 1. The van der Waals surface area contributed by atoms with Crippen LogP contribution < -0.4 is 16.0 Å². The van der Waals surface area contributed by atoms with Crippen molar-refractivity contribution in [2.45, 2.75) is 71.4 Å². The van der Waals surface area contributed by atoms with Gasteiger partial charge >= 0.3 is 0 Å². The van der Waals surface area contributed by atoms with Crippen LogP contribution in [0, 0.1) is 12.3 Å². The van der Waals surface area contributed by atoms with E-state index < -0.39 is 0 Å². The zero-order valence-electron chi connectivity index (χ0n) is 22.0. The highest BCUT2D eigenvalue weighted by atomic mass is 16.1. The number of carbonyl (C=O) groups excluding carboxylic acids is 2. The zero-order valence-corrected chi connectivity index (χ0v) is 22.0. The average Bonchev–Trinajstić information content (AvgIpc) is 3.63. The monoisotopic (exact) mass is 488 g/mol. The van der Waals surface area contributed by atoms with Crippen LogP contribution in [0.4, 0.5) is 11.4 Å². The maximum Gasteiger partial charge on any atom is 0.251 e. The maximum atomic E-state index is 12.8. The Morgan fingerprint density at radius 2 is 1.86 bits per heavy atom. The number of Topliss-reactive ketones (excluding diaryl/α,β-unsaturated/α-hetero) is 1. The van der Waals surface area contributed by atoms with Gasteiger partial charge in [-0.2, -0.15) is 0 Å². The maximum absolute atomic E-state index is 12.8. The summed E-state index contributed by atoms with van der Waals surface area (Å²) in [5, 5.41) is 3.12. The Morgan fingerprint density at radius 3 is 2.58 bits per heavy atom. The van der Waals surface area contributed by atoms with E-state index in [0.717, 1.165) is 92.8 Å². The van der Waals surface area contributed by atoms with Gasteiger partial charge in [0.25, 0.3) is 5.91 Å². The van der Waals surface area contributed by atoms with E-state index >= 15 is 0 Å². The van der Waals surface area contributed by atoms with Crippen molar-refractivity contribution in [2.75, 3.05) is 31.1 Å². The van der Waals surface area contributed by atoms with Crippen LogP contribution in [0.3, 0.4) is 0 Å². The summed E-state index contributed by atoms with van der Waals surface area (Å²) in [5.41, 5.74) is 11.7. The summed E-state index contributed by atoms with van der Waals surface area (Å²) in [6.45, 7) is 10.2. The molecule has 0 spiro atoms. The number of hydrogen-bond acceptors (Lipinski definition) is 5.